The molecule has 1 aromatic heterocycles. The number of carbonyl (C=O) groups is 2. The summed E-state index contributed by atoms with van der Waals surface area (Å²) in [4.78, 5) is 31.4. The van der Waals surface area contributed by atoms with E-state index in [4.69, 9.17) is 4.74 Å². The SMILES string of the molecule is CC[C@H](C)[C@@H](C(=O)N[C@H]1CCO[C@@H](c2nc(C(=O)NC(C)C)cs2)C1)N(C)C. The lowest BCUT2D eigenvalue weighted by Gasteiger charge is -2.33. The molecule has 28 heavy (non-hydrogen) atoms. The highest BCUT2D eigenvalue weighted by Crippen LogP contribution is 2.30. The largest absolute Gasteiger partial charge is 0.371 e. The maximum Gasteiger partial charge on any atom is 0.270 e. The van der Waals surface area contributed by atoms with Crippen molar-refractivity contribution in [3.8, 4) is 0 Å². The zero-order valence-electron chi connectivity index (χ0n) is 17.8. The molecular weight excluding hydrogens is 376 g/mol. The molecule has 1 aliphatic rings. The Balaban J connectivity index is 1.99. The standard InChI is InChI=1S/C20H34N4O3S/c1-7-13(4)17(24(5)6)19(26)22-14-8-9-27-16(10-14)20-23-15(11-28-20)18(25)21-12(2)3/h11-14,16-17H,7-10H2,1-6H3,(H,21,25)(H,22,26)/t13-,14-,16+,17-/m0/s1. The molecule has 2 heterocycles. The van der Waals surface area contributed by atoms with E-state index in [-0.39, 0.29) is 42.0 Å². The minimum Gasteiger partial charge on any atom is -0.371 e. The highest BCUT2D eigenvalue weighted by atomic mass is 32.1. The third kappa shape index (κ3) is 5.99. The second-order valence-corrected chi connectivity index (χ2v) is 8.97. The summed E-state index contributed by atoms with van der Waals surface area (Å²) in [6.07, 6.45) is 2.22. The van der Waals surface area contributed by atoms with Crippen LogP contribution in [0.5, 0.6) is 0 Å². The van der Waals surface area contributed by atoms with Crippen LogP contribution in [0.25, 0.3) is 0 Å². The van der Waals surface area contributed by atoms with Gasteiger partial charge in [0.2, 0.25) is 5.91 Å². The Bertz CT molecular complexity index is 662. The lowest BCUT2D eigenvalue weighted by Crippen LogP contribution is -2.51. The van der Waals surface area contributed by atoms with E-state index in [2.05, 4.69) is 29.5 Å². The number of ether oxygens (including phenoxy) is 1. The Hall–Kier alpha value is -1.51. The molecule has 0 aromatic carbocycles. The van der Waals surface area contributed by atoms with Gasteiger partial charge in [-0.3, -0.25) is 14.5 Å². The third-order valence-electron chi connectivity index (χ3n) is 5.09. The monoisotopic (exact) mass is 410 g/mol. The van der Waals surface area contributed by atoms with Crippen molar-refractivity contribution in [2.45, 2.75) is 71.2 Å². The van der Waals surface area contributed by atoms with Gasteiger partial charge in [-0.25, -0.2) is 4.98 Å². The lowest BCUT2D eigenvalue weighted by molar-refractivity contribution is -0.129. The first-order valence-electron chi connectivity index (χ1n) is 10.1. The molecule has 0 spiro atoms. The van der Waals surface area contributed by atoms with Crippen LogP contribution in [0.15, 0.2) is 5.38 Å². The number of rotatable bonds is 8. The third-order valence-corrected chi connectivity index (χ3v) is 6.02. The maximum atomic E-state index is 12.8. The lowest BCUT2D eigenvalue weighted by atomic mass is 9.96. The zero-order chi connectivity index (χ0) is 20.8. The minimum atomic E-state index is -0.189. The van der Waals surface area contributed by atoms with Gasteiger partial charge in [0.15, 0.2) is 0 Å². The topological polar surface area (TPSA) is 83.6 Å². The van der Waals surface area contributed by atoms with E-state index in [1.54, 1.807) is 5.38 Å². The second-order valence-electron chi connectivity index (χ2n) is 8.08. The molecule has 0 radical (unpaired) electrons. The quantitative estimate of drug-likeness (QED) is 0.688. The number of thiazole rings is 1. The Morgan fingerprint density at radius 2 is 2.07 bits per heavy atom. The average molecular weight is 411 g/mol. The van der Waals surface area contributed by atoms with Gasteiger partial charge in [-0.1, -0.05) is 20.3 Å². The van der Waals surface area contributed by atoms with Gasteiger partial charge in [0.25, 0.3) is 5.91 Å². The van der Waals surface area contributed by atoms with Crippen LogP contribution in [0.2, 0.25) is 0 Å². The van der Waals surface area contributed by atoms with Gasteiger partial charge in [-0.05, 0) is 40.3 Å². The molecule has 1 aliphatic heterocycles. The van der Waals surface area contributed by atoms with Crippen molar-refractivity contribution in [2.24, 2.45) is 5.92 Å². The van der Waals surface area contributed by atoms with Crippen LogP contribution in [-0.2, 0) is 9.53 Å². The molecule has 8 heteroatoms. The van der Waals surface area contributed by atoms with Gasteiger partial charge in [0, 0.05) is 30.5 Å². The average Bonchev–Trinajstić information content (AvgIpc) is 3.11. The summed E-state index contributed by atoms with van der Waals surface area (Å²) in [5.41, 5.74) is 0.424. The predicted molar refractivity (Wildman–Crippen MR) is 112 cm³/mol. The Morgan fingerprint density at radius 3 is 2.68 bits per heavy atom. The van der Waals surface area contributed by atoms with E-state index in [1.807, 2.05) is 32.8 Å². The summed E-state index contributed by atoms with van der Waals surface area (Å²) in [6.45, 7) is 8.62. The van der Waals surface area contributed by atoms with Crippen LogP contribution in [-0.4, -0.2) is 60.5 Å². The molecule has 0 saturated carbocycles. The number of hydrogen-bond donors (Lipinski definition) is 2. The van der Waals surface area contributed by atoms with Crippen LogP contribution in [0.3, 0.4) is 0 Å². The Morgan fingerprint density at radius 1 is 1.36 bits per heavy atom. The highest BCUT2D eigenvalue weighted by Gasteiger charge is 2.31. The van der Waals surface area contributed by atoms with Gasteiger partial charge in [-0.2, -0.15) is 0 Å². The Kier molecular flexibility index (Phi) is 8.39. The van der Waals surface area contributed by atoms with Crippen molar-refractivity contribution < 1.29 is 14.3 Å². The molecule has 2 amide bonds. The van der Waals surface area contributed by atoms with E-state index < -0.39 is 0 Å². The number of amides is 2. The first-order chi connectivity index (χ1) is 13.2. The van der Waals surface area contributed by atoms with Crippen molar-refractivity contribution >= 4 is 23.2 Å². The molecule has 2 rings (SSSR count). The maximum absolute atomic E-state index is 12.8. The second kappa shape index (κ2) is 10.3. The number of hydrogen-bond acceptors (Lipinski definition) is 6. The molecule has 1 fully saturated rings. The fourth-order valence-corrected chi connectivity index (χ4v) is 4.35. The number of carbonyl (C=O) groups excluding carboxylic acids is 2. The minimum absolute atomic E-state index is 0.0506. The van der Waals surface area contributed by atoms with E-state index >= 15 is 0 Å². The number of likely N-dealkylation sites (N-methyl/N-ethyl adjacent to an activating group) is 1. The van der Waals surface area contributed by atoms with Gasteiger partial charge in [-0.15, -0.1) is 11.3 Å². The summed E-state index contributed by atoms with van der Waals surface area (Å²) in [6, 6.07) is -0.0228. The van der Waals surface area contributed by atoms with Crippen molar-refractivity contribution in [1.82, 2.24) is 20.5 Å². The van der Waals surface area contributed by atoms with Gasteiger partial charge < -0.3 is 15.4 Å². The van der Waals surface area contributed by atoms with E-state index in [1.165, 1.54) is 11.3 Å². The highest BCUT2D eigenvalue weighted by molar-refractivity contribution is 7.09. The first kappa shape index (κ1) is 22.8. The number of nitrogens with one attached hydrogen (secondary N) is 2. The molecule has 0 unspecified atom stereocenters. The molecule has 0 bridgehead atoms. The Labute approximate surface area is 172 Å². The predicted octanol–water partition coefficient (Wildman–Crippen LogP) is 2.59. The first-order valence-corrected chi connectivity index (χ1v) is 11.0. The molecule has 158 valence electrons. The van der Waals surface area contributed by atoms with Crippen molar-refractivity contribution in [1.29, 1.82) is 0 Å². The van der Waals surface area contributed by atoms with Crippen LogP contribution in [0.1, 0.15) is 68.6 Å². The van der Waals surface area contributed by atoms with Crippen LogP contribution >= 0.6 is 11.3 Å². The fraction of sp³-hybridized carbons (Fsp3) is 0.750. The normalized spacial score (nSPS) is 22.1. The molecule has 4 atom stereocenters. The van der Waals surface area contributed by atoms with E-state index in [0.29, 0.717) is 18.7 Å². The van der Waals surface area contributed by atoms with Crippen LogP contribution in [0, 0.1) is 5.92 Å². The molecular formula is C20H34N4O3S. The van der Waals surface area contributed by atoms with Crippen molar-refractivity contribution in [3.05, 3.63) is 16.1 Å². The summed E-state index contributed by atoms with van der Waals surface area (Å²) >= 11 is 1.43. The summed E-state index contributed by atoms with van der Waals surface area (Å²) in [7, 11) is 3.89. The summed E-state index contributed by atoms with van der Waals surface area (Å²) in [5, 5.41) is 8.62. The zero-order valence-corrected chi connectivity index (χ0v) is 18.6. The summed E-state index contributed by atoms with van der Waals surface area (Å²) < 4.78 is 5.88. The molecule has 7 nitrogen and oxygen atoms in total. The van der Waals surface area contributed by atoms with Gasteiger partial charge in [0.1, 0.15) is 16.8 Å². The fourth-order valence-electron chi connectivity index (χ4n) is 3.49. The summed E-state index contributed by atoms with van der Waals surface area (Å²) in [5.74, 6) is 0.188. The number of nitrogens with zero attached hydrogens (tertiary/aromatic N) is 2. The van der Waals surface area contributed by atoms with E-state index in [9.17, 15) is 9.59 Å². The molecule has 2 N–H and O–H groups in total. The van der Waals surface area contributed by atoms with Crippen molar-refractivity contribution in [3.63, 3.8) is 0 Å². The van der Waals surface area contributed by atoms with E-state index in [0.717, 1.165) is 17.8 Å². The smallest absolute Gasteiger partial charge is 0.270 e. The van der Waals surface area contributed by atoms with Gasteiger partial charge >= 0.3 is 0 Å². The number of aromatic nitrogens is 1. The molecule has 1 saturated heterocycles. The van der Waals surface area contributed by atoms with Crippen LogP contribution < -0.4 is 10.6 Å². The van der Waals surface area contributed by atoms with Crippen molar-refractivity contribution in [2.75, 3.05) is 20.7 Å². The molecule has 0 aliphatic carbocycles. The molecule has 1 aromatic rings. The van der Waals surface area contributed by atoms with Crippen LogP contribution in [0.4, 0.5) is 0 Å². The van der Waals surface area contributed by atoms with Gasteiger partial charge in [0.05, 0.1) is 6.04 Å².